The van der Waals surface area contributed by atoms with E-state index in [4.69, 9.17) is 5.73 Å². The van der Waals surface area contributed by atoms with Gasteiger partial charge in [0, 0.05) is 30.8 Å². The third-order valence-corrected chi connectivity index (χ3v) is 3.88. The van der Waals surface area contributed by atoms with Crippen molar-refractivity contribution in [3.05, 3.63) is 35.4 Å². The molecule has 1 aliphatic carbocycles. The van der Waals surface area contributed by atoms with E-state index in [0.29, 0.717) is 18.0 Å². The average molecular weight is 254 g/mol. The van der Waals surface area contributed by atoms with E-state index in [1.54, 1.807) is 0 Å². The Morgan fingerprint density at radius 2 is 2.11 bits per heavy atom. The predicted octanol–water partition coefficient (Wildman–Crippen LogP) is 2.55. The molecule has 2 N–H and O–H groups in total. The van der Waals surface area contributed by atoms with E-state index in [2.05, 4.69) is 11.8 Å². The first kappa shape index (κ1) is 13.4. The summed E-state index contributed by atoms with van der Waals surface area (Å²) in [5.74, 6) is 0.378. The van der Waals surface area contributed by atoms with Gasteiger partial charge in [0.25, 0.3) is 0 Å². The number of benzene rings is 1. The van der Waals surface area contributed by atoms with Crippen molar-refractivity contribution in [2.24, 2.45) is 17.6 Å². The number of nitrogens with two attached hydrogens (primary N) is 1. The van der Waals surface area contributed by atoms with Crippen LogP contribution >= 0.6 is 0 Å². The van der Waals surface area contributed by atoms with Gasteiger partial charge in [-0.3, -0.25) is 4.90 Å². The van der Waals surface area contributed by atoms with Crippen LogP contribution in [0.2, 0.25) is 0 Å². The molecule has 1 saturated carbocycles. The first-order chi connectivity index (χ1) is 8.52. The number of likely N-dealkylation sites (N-methyl/N-ethyl adjacent to an activating group) is 1. The molecule has 0 saturated heterocycles. The lowest BCUT2D eigenvalue weighted by Gasteiger charge is -2.27. The second-order valence-corrected chi connectivity index (χ2v) is 5.33. The zero-order valence-electron chi connectivity index (χ0n) is 10.9. The lowest BCUT2D eigenvalue weighted by atomic mass is 10.0. The zero-order valence-corrected chi connectivity index (χ0v) is 10.9. The van der Waals surface area contributed by atoms with Gasteiger partial charge in [-0.25, -0.2) is 8.78 Å². The highest BCUT2D eigenvalue weighted by molar-refractivity contribution is 5.22. The lowest BCUT2D eigenvalue weighted by molar-refractivity contribution is 0.232. The second kappa shape index (κ2) is 5.33. The Hall–Kier alpha value is -1.00. The molecule has 0 radical (unpaired) electrons. The number of nitrogens with zero attached hydrogens (tertiary/aromatic N) is 1. The van der Waals surface area contributed by atoms with E-state index in [-0.39, 0.29) is 6.04 Å². The maximum atomic E-state index is 13.8. The Bertz CT molecular complexity index is 422. The molecule has 1 aromatic carbocycles. The van der Waals surface area contributed by atoms with Crippen LogP contribution in [0.1, 0.15) is 24.9 Å². The molecule has 100 valence electrons. The Morgan fingerprint density at radius 1 is 1.44 bits per heavy atom. The number of hydrogen-bond donors (Lipinski definition) is 1. The molecule has 1 aliphatic rings. The van der Waals surface area contributed by atoms with Crippen molar-refractivity contribution in [1.29, 1.82) is 0 Å². The van der Waals surface area contributed by atoms with E-state index in [9.17, 15) is 8.78 Å². The van der Waals surface area contributed by atoms with Crippen LogP contribution in [-0.4, -0.2) is 25.0 Å². The van der Waals surface area contributed by atoms with Gasteiger partial charge in [0.1, 0.15) is 11.6 Å². The average Bonchev–Trinajstić information content (AvgIpc) is 2.98. The summed E-state index contributed by atoms with van der Waals surface area (Å²) in [6.07, 6.45) is 1.23. The predicted molar refractivity (Wildman–Crippen MR) is 68.1 cm³/mol. The van der Waals surface area contributed by atoms with Crippen LogP contribution in [0.15, 0.2) is 18.2 Å². The fraction of sp³-hybridized carbons (Fsp3) is 0.571. The molecule has 0 bridgehead atoms. The van der Waals surface area contributed by atoms with Gasteiger partial charge in [0.15, 0.2) is 0 Å². The standard InChI is InChI=1S/C14H20F2N2/c1-9-5-10(9)8-18(2)14(7-17)12-4-3-11(15)6-13(12)16/h3-4,6,9-10,14H,5,7-8,17H2,1-2H3. The van der Waals surface area contributed by atoms with Crippen molar-refractivity contribution in [2.75, 3.05) is 20.1 Å². The molecule has 1 fully saturated rings. The van der Waals surface area contributed by atoms with Crippen molar-refractivity contribution < 1.29 is 8.78 Å². The molecule has 2 rings (SSSR count). The van der Waals surface area contributed by atoms with Crippen molar-refractivity contribution in [3.63, 3.8) is 0 Å². The van der Waals surface area contributed by atoms with Crippen LogP contribution in [0.25, 0.3) is 0 Å². The number of rotatable bonds is 5. The monoisotopic (exact) mass is 254 g/mol. The van der Waals surface area contributed by atoms with E-state index >= 15 is 0 Å². The molecule has 18 heavy (non-hydrogen) atoms. The molecule has 0 heterocycles. The van der Waals surface area contributed by atoms with Gasteiger partial charge in [-0.05, 0) is 31.4 Å². The molecule has 3 unspecified atom stereocenters. The summed E-state index contributed by atoms with van der Waals surface area (Å²) in [7, 11) is 1.95. The largest absolute Gasteiger partial charge is 0.329 e. The van der Waals surface area contributed by atoms with Gasteiger partial charge < -0.3 is 5.73 Å². The molecule has 0 spiro atoms. The van der Waals surface area contributed by atoms with Gasteiger partial charge in [0.2, 0.25) is 0 Å². The van der Waals surface area contributed by atoms with Gasteiger partial charge in [0.05, 0.1) is 0 Å². The van der Waals surface area contributed by atoms with Crippen molar-refractivity contribution in [2.45, 2.75) is 19.4 Å². The molecule has 3 atom stereocenters. The summed E-state index contributed by atoms with van der Waals surface area (Å²) in [6.45, 7) is 3.47. The van der Waals surface area contributed by atoms with E-state index in [1.807, 2.05) is 7.05 Å². The summed E-state index contributed by atoms with van der Waals surface area (Å²) in [6, 6.07) is 3.52. The fourth-order valence-corrected chi connectivity index (χ4v) is 2.47. The minimum Gasteiger partial charge on any atom is -0.329 e. The fourth-order valence-electron chi connectivity index (χ4n) is 2.47. The molecule has 2 nitrogen and oxygen atoms in total. The summed E-state index contributed by atoms with van der Waals surface area (Å²) in [5, 5.41) is 0. The number of hydrogen-bond acceptors (Lipinski definition) is 2. The first-order valence-electron chi connectivity index (χ1n) is 6.38. The Morgan fingerprint density at radius 3 is 2.61 bits per heavy atom. The van der Waals surface area contributed by atoms with Crippen molar-refractivity contribution >= 4 is 0 Å². The van der Waals surface area contributed by atoms with Gasteiger partial charge in [-0.1, -0.05) is 13.0 Å². The smallest absolute Gasteiger partial charge is 0.130 e. The van der Waals surface area contributed by atoms with E-state index < -0.39 is 11.6 Å². The molecule has 0 aliphatic heterocycles. The van der Waals surface area contributed by atoms with Crippen molar-refractivity contribution in [3.8, 4) is 0 Å². The maximum absolute atomic E-state index is 13.8. The van der Waals surface area contributed by atoms with Gasteiger partial charge >= 0.3 is 0 Å². The molecule has 1 aromatic rings. The van der Waals surface area contributed by atoms with E-state index in [1.165, 1.54) is 18.6 Å². The minimum atomic E-state index is -0.550. The Labute approximate surface area is 107 Å². The third-order valence-electron chi connectivity index (χ3n) is 3.88. The molecule has 0 aromatic heterocycles. The third kappa shape index (κ3) is 2.87. The Kier molecular flexibility index (Phi) is 3.97. The van der Waals surface area contributed by atoms with Crippen LogP contribution in [0.4, 0.5) is 8.78 Å². The summed E-state index contributed by atoms with van der Waals surface area (Å²) >= 11 is 0. The minimum absolute atomic E-state index is 0.182. The summed E-state index contributed by atoms with van der Waals surface area (Å²) < 4.78 is 26.7. The molecule has 4 heteroatoms. The van der Waals surface area contributed by atoms with Crippen LogP contribution in [0, 0.1) is 23.5 Å². The topological polar surface area (TPSA) is 29.3 Å². The van der Waals surface area contributed by atoms with Gasteiger partial charge in [-0.2, -0.15) is 0 Å². The zero-order chi connectivity index (χ0) is 13.3. The lowest BCUT2D eigenvalue weighted by Crippen LogP contribution is -2.33. The summed E-state index contributed by atoms with van der Waals surface area (Å²) in [4.78, 5) is 2.07. The highest BCUT2D eigenvalue weighted by Crippen LogP contribution is 2.39. The SMILES string of the molecule is CC1CC1CN(C)C(CN)c1ccc(F)cc1F. The van der Waals surface area contributed by atoms with Crippen molar-refractivity contribution in [1.82, 2.24) is 4.90 Å². The highest BCUT2D eigenvalue weighted by Gasteiger charge is 2.34. The Balaban J connectivity index is 2.11. The number of halogens is 2. The summed E-state index contributed by atoms with van der Waals surface area (Å²) in [5.41, 5.74) is 6.22. The highest BCUT2D eigenvalue weighted by atomic mass is 19.1. The van der Waals surface area contributed by atoms with Crippen LogP contribution in [-0.2, 0) is 0 Å². The van der Waals surface area contributed by atoms with Gasteiger partial charge in [-0.15, -0.1) is 0 Å². The molecule has 0 amide bonds. The first-order valence-corrected chi connectivity index (χ1v) is 6.38. The van der Waals surface area contributed by atoms with E-state index in [0.717, 1.165) is 18.5 Å². The van der Waals surface area contributed by atoms with Crippen LogP contribution < -0.4 is 5.73 Å². The van der Waals surface area contributed by atoms with Crippen LogP contribution in [0.5, 0.6) is 0 Å². The van der Waals surface area contributed by atoms with Crippen LogP contribution in [0.3, 0.4) is 0 Å². The second-order valence-electron chi connectivity index (χ2n) is 5.33. The quantitative estimate of drug-likeness (QED) is 0.875. The normalized spacial score (nSPS) is 24.3. The molecular weight excluding hydrogens is 234 g/mol. The molecular formula is C14H20F2N2. The maximum Gasteiger partial charge on any atom is 0.130 e.